The molecule has 30 heavy (non-hydrogen) atoms. The van der Waals surface area contributed by atoms with Crippen LogP contribution in [-0.4, -0.2) is 26.0 Å². The summed E-state index contributed by atoms with van der Waals surface area (Å²) in [5.74, 6) is 1.83. The highest BCUT2D eigenvalue weighted by Crippen LogP contribution is 2.30. The highest BCUT2D eigenvalue weighted by Gasteiger charge is 2.32. The van der Waals surface area contributed by atoms with E-state index in [-0.39, 0.29) is 5.91 Å². The standard InChI is InChI=1S/C25H22N2O3/c1-17-8-12-20(13-9-17)27-24(18-10-14-21(29-2)15-11-18)26-22(25(27)28)16-19-6-4-5-7-23(19)30-3/h4-16H,1-3H3/b22-16+. The number of amides is 1. The molecule has 0 saturated heterocycles. The highest BCUT2D eigenvalue weighted by molar-refractivity contribution is 6.33. The Labute approximate surface area is 175 Å². The van der Waals surface area contributed by atoms with Crippen LogP contribution in [0.15, 0.2) is 83.5 Å². The molecule has 5 heteroatoms. The van der Waals surface area contributed by atoms with Crippen LogP contribution in [0, 0.1) is 6.92 Å². The summed E-state index contributed by atoms with van der Waals surface area (Å²) >= 11 is 0. The maximum Gasteiger partial charge on any atom is 0.282 e. The third-order valence-corrected chi connectivity index (χ3v) is 4.93. The summed E-state index contributed by atoms with van der Waals surface area (Å²) in [6.07, 6.45) is 1.76. The summed E-state index contributed by atoms with van der Waals surface area (Å²) in [7, 11) is 3.23. The second kappa shape index (κ2) is 8.25. The molecule has 0 fully saturated rings. The van der Waals surface area contributed by atoms with Crippen molar-refractivity contribution in [3.05, 3.63) is 95.2 Å². The van der Waals surface area contributed by atoms with Crippen molar-refractivity contribution in [1.29, 1.82) is 0 Å². The molecule has 0 unspecified atom stereocenters. The first-order valence-electron chi connectivity index (χ1n) is 9.59. The van der Waals surface area contributed by atoms with Gasteiger partial charge >= 0.3 is 0 Å². The quantitative estimate of drug-likeness (QED) is 0.578. The van der Waals surface area contributed by atoms with Gasteiger partial charge in [0.25, 0.3) is 5.91 Å². The zero-order valence-corrected chi connectivity index (χ0v) is 17.1. The van der Waals surface area contributed by atoms with E-state index in [0.717, 1.165) is 28.1 Å². The number of carbonyl (C=O) groups is 1. The van der Waals surface area contributed by atoms with Gasteiger partial charge in [-0.2, -0.15) is 0 Å². The van der Waals surface area contributed by atoms with E-state index in [9.17, 15) is 4.79 Å². The number of carbonyl (C=O) groups excluding carboxylic acids is 1. The molecule has 5 nitrogen and oxygen atoms in total. The van der Waals surface area contributed by atoms with E-state index in [4.69, 9.17) is 14.5 Å². The number of para-hydroxylation sites is 1. The molecule has 0 radical (unpaired) electrons. The largest absolute Gasteiger partial charge is 0.497 e. The monoisotopic (exact) mass is 398 g/mol. The van der Waals surface area contributed by atoms with E-state index in [2.05, 4.69) is 0 Å². The number of anilines is 1. The summed E-state index contributed by atoms with van der Waals surface area (Å²) in [6, 6.07) is 22.9. The van der Waals surface area contributed by atoms with Crippen molar-refractivity contribution in [2.75, 3.05) is 19.1 Å². The van der Waals surface area contributed by atoms with Gasteiger partial charge in [-0.3, -0.25) is 9.69 Å². The van der Waals surface area contributed by atoms with Crippen LogP contribution in [0.25, 0.3) is 6.08 Å². The van der Waals surface area contributed by atoms with Crippen LogP contribution >= 0.6 is 0 Å². The van der Waals surface area contributed by atoms with Crippen molar-refractivity contribution >= 4 is 23.5 Å². The molecule has 0 N–H and O–H groups in total. The van der Waals surface area contributed by atoms with Crippen LogP contribution in [0.5, 0.6) is 11.5 Å². The predicted molar refractivity (Wildman–Crippen MR) is 119 cm³/mol. The molecule has 1 aliphatic rings. The Hall–Kier alpha value is -3.86. The topological polar surface area (TPSA) is 51.1 Å². The SMILES string of the molecule is COc1ccc(C2=N/C(=C/c3ccccc3OC)C(=O)N2c2ccc(C)cc2)cc1. The maximum atomic E-state index is 13.4. The Morgan fingerprint density at radius 1 is 0.867 bits per heavy atom. The fraction of sp³-hybridized carbons (Fsp3) is 0.120. The fourth-order valence-corrected chi connectivity index (χ4v) is 3.32. The zero-order chi connectivity index (χ0) is 21.1. The first-order valence-corrected chi connectivity index (χ1v) is 9.59. The van der Waals surface area contributed by atoms with Gasteiger partial charge in [0.15, 0.2) is 0 Å². The second-order valence-electron chi connectivity index (χ2n) is 6.91. The number of rotatable bonds is 5. The number of hydrogen-bond acceptors (Lipinski definition) is 4. The average Bonchev–Trinajstić information content (AvgIpc) is 3.11. The van der Waals surface area contributed by atoms with Crippen molar-refractivity contribution in [1.82, 2.24) is 0 Å². The molecule has 0 aromatic heterocycles. The van der Waals surface area contributed by atoms with Crippen LogP contribution in [0.1, 0.15) is 16.7 Å². The number of aliphatic imine (C=N–C) groups is 1. The number of nitrogens with zero attached hydrogens (tertiary/aromatic N) is 2. The van der Waals surface area contributed by atoms with Gasteiger partial charge in [0, 0.05) is 11.1 Å². The van der Waals surface area contributed by atoms with E-state index in [0.29, 0.717) is 17.3 Å². The van der Waals surface area contributed by atoms with Crippen molar-refractivity contribution in [2.45, 2.75) is 6.92 Å². The van der Waals surface area contributed by atoms with E-state index in [1.807, 2.05) is 79.7 Å². The lowest BCUT2D eigenvalue weighted by Crippen LogP contribution is -2.32. The minimum atomic E-state index is -0.185. The Balaban J connectivity index is 1.82. The summed E-state index contributed by atoms with van der Waals surface area (Å²) in [4.78, 5) is 19.7. The molecule has 1 amide bonds. The zero-order valence-electron chi connectivity index (χ0n) is 17.1. The molecular weight excluding hydrogens is 376 g/mol. The first-order chi connectivity index (χ1) is 14.6. The van der Waals surface area contributed by atoms with Gasteiger partial charge in [0.2, 0.25) is 0 Å². The van der Waals surface area contributed by atoms with E-state index < -0.39 is 0 Å². The van der Waals surface area contributed by atoms with Crippen molar-refractivity contribution in [3.8, 4) is 11.5 Å². The lowest BCUT2D eigenvalue weighted by molar-refractivity contribution is -0.113. The Morgan fingerprint density at radius 3 is 2.23 bits per heavy atom. The molecule has 0 atom stereocenters. The van der Waals surface area contributed by atoms with E-state index >= 15 is 0 Å². The normalized spacial score (nSPS) is 14.8. The second-order valence-corrected chi connectivity index (χ2v) is 6.91. The molecule has 0 saturated carbocycles. The number of methoxy groups -OCH3 is 2. The van der Waals surface area contributed by atoms with Crippen molar-refractivity contribution in [2.24, 2.45) is 4.99 Å². The van der Waals surface area contributed by atoms with Crippen LogP contribution in [0.4, 0.5) is 5.69 Å². The van der Waals surface area contributed by atoms with Gasteiger partial charge < -0.3 is 9.47 Å². The third-order valence-electron chi connectivity index (χ3n) is 4.93. The van der Waals surface area contributed by atoms with Crippen LogP contribution in [0.2, 0.25) is 0 Å². The van der Waals surface area contributed by atoms with E-state index in [1.54, 1.807) is 25.2 Å². The van der Waals surface area contributed by atoms with Crippen molar-refractivity contribution in [3.63, 3.8) is 0 Å². The maximum absolute atomic E-state index is 13.4. The lowest BCUT2D eigenvalue weighted by Gasteiger charge is -2.19. The number of hydrogen-bond donors (Lipinski definition) is 0. The van der Waals surface area contributed by atoms with Crippen LogP contribution in [-0.2, 0) is 4.79 Å². The lowest BCUT2D eigenvalue weighted by atomic mass is 10.1. The molecule has 1 aliphatic heterocycles. The molecule has 0 spiro atoms. The summed E-state index contributed by atoms with van der Waals surface area (Å²) in [5, 5.41) is 0. The molecule has 3 aromatic carbocycles. The van der Waals surface area contributed by atoms with Gasteiger partial charge in [0.05, 0.1) is 19.9 Å². The summed E-state index contributed by atoms with van der Waals surface area (Å²) < 4.78 is 10.7. The number of amidine groups is 1. The fourth-order valence-electron chi connectivity index (χ4n) is 3.32. The van der Waals surface area contributed by atoms with Crippen LogP contribution < -0.4 is 14.4 Å². The first kappa shape index (κ1) is 19.5. The van der Waals surface area contributed by atoms with Crippen molar-refractivity contribution < 1.29 is 14.3 Å². The summed E-state index contributed by atoms with van der Waals surface area (Å²) in [6.45, 7) is 2.01. The minimum absolute atomic E-state index is 0.185. The predicted octanol–water partition coefficient (Wildman–Crippen LogP) is 4.85. The average molecular weight is 398 g/mol. The van der Waals surface area contributed by atoms with Gasteiger partial charge in [-0.15, -0.1) is 0 Å². The van der Waals surface area contributed by atoms with Gasteiger partial charge in [-0.05, 0) is 55.5 Å². The molecule has 4 rings (SSSR count). The Kier molecular flexibility index (Phi) is 5.35. The number of ether oxygens (including phenoxy) is 2. The van der Waals surface area contributed by atoms with Gasteiger partial charge in [-0.25, -0.2) is 4.99 Å². The highest BCUT2D eigenvalue weighted by atomic mass is 16.5. The Bertz CT molecular complexity index is 1130. The molecule has 0 bridgehead atoms. The number of benzene rings is 3. The van der Waals surface area contributed by atoms with Gasteiger partial charge in [0.1, 0.15) is 23.0 Å². The molecule has 3 aromatic rings. The molecule has 0 aliphatic carbocycles. The molecule has 1 heterocycles. The minimum Gasteiger partial charge on any atom is -0.497 e. The van der Waals surface area contributed by atoms with Gasteiger partial charge in [-0.1, -0.05) is 35.9 Å². The molecule has 150 valence electrons. The third kappa shape index (κ3) is 3.70. The molecular formula is C25H22N2O3. The van der Waals surface area contributed by atoms with E-state index in [1.165, 1.54) is 0 Å². The van der Waals surface area contributed by atoms with Crippen LogP contribution in [0.3, 0.4) is 0 Å². The summed E-state index contributed by atoms with van der Waals surface area (Å²) in [5.41, 5.74) is 3.87. The Morgan fingerprint density at radius 2 is 1.57 bits per heavy atom. The smallest absolute Gasteiger partial charge is 0.282 e. The number of aryl methyl sites for hydroxylation is 1.